The number of anilines is 2. The van der Waals surface area contributed by atoms with Gasteiger partial charge in [-0.3, -0.25) is 0 Å². The van der Waals surface area contributed by atoms with Crippen molar-refractivity contribution in [1.82, 2.24) is 0 Å². The van der Waals surface area contributed by atoms with Crippen molar-refractivity contribution in [3.8, 4) is 11.1 Å². The second-order valence-corrected chi connectivity index (χ2v) is 12.5. The first-order valence-electron chi connectivity index (χ1n) is 16.8. The summed E-state index contributed by atoms with van der Waals surface area (Å²) in [5, 5.41) is 5.22. The lowest BCUT2D eigenvalue weighted by Crippen LogP contribution is -2.18. The highest BCUT2D eigenvalue weighted by molar-refractivity contribution is 5.96. The average molecular weight is 608 g/mol. The molecule has 0 heterocycles. The molecule has 0 aliphatic rings. The highest BCUT2D eigenvalue weighted by Gasteiger charge is 2.16. The molecule has 0 aliphatic heterocycles. The average Bonchev–Trinajstić information content (AvgIpc) is 3.14. The van der Waals surface area contributed by atoms with E-state index in [1.165, 1.54) is 60.7 Å². The summed E-state index contributed by atoms with van der Waals surface area (Å²) in [5.74, 6) is 0.446. The summed E-state index contributed by atoms with van der Waals surface area (Å²) in [6, 6.07) is 60.0. The lowest BCUT2D eigenvalue weighted by atomic mass is 9.84. The van der Waals surface area contributed by atoms with Crippen molar-refractivity contribution in [3.63, 3.8) is 0 Å². The summed E-state index contributed by atoms with van der Waals surface area (Å²) in [6.07, 6.45) is 6.11. The maximum absolute atomic E-state index is 3.99. The molecular weight excluding hydrogens is 567 g/mol. The van der Waals surface area contributed by atoms with Crippen LogP contribution in [0.15, 0.2) is 176 Å². The lowest BCUT2D eigenvalue weighted by molar-refractivity contribution is 0.625. The van der Waals surface area contributed by atoms with Crippen LogP contribution in [0.4, 0.5) is 11.4 Å². The third-order valence-corrected chi connectivity index (χ3v) is 9.45. The number of fused-ring (bicyclic) bond motifs is 2. The third kappa shape index (κ3) is 6.90. The van der Waals surface area contributed by atoms with E-state index in [1.54, 1.807) is 0 Å². The molecule has 0 saturated heterocycles. The summed E-state index contributed by atoms with van der Waals surface area (Å²) >= 11 is 0. The molecule has 1 unspecified atom stereocenters. The molecule has 1 heteroatoms. The number of benzene rings is 7. The van der Waals surface area contributed by atoms with Gasteiger partial charge < -0.3 is 4.90 Å². The van der Waals surface area contributed by atoms with Crippen LogP contribution >= 0.6 is 0 Å². The molecule has 1 nitrogen and oxygen atoms in total. The highest BCUT2D eigenvalue weighted by atomic mass is 15.1. The van der Waals surface area contributed by atoms with Crippen molar-refractivity contribution in [2.24, 2.45) is 0 Å². The largest absolute Gasteiger partial charge is 0.341 e. The predicted octanol–water partition coefficient (Wildman–Crippen LogP) is 12.3. The number of rotatable bonds is 12. The number of hydrogen-bond donors (Lipinski definition) is 0. The first-order valence-corrected chi connectivity index (χ1v) is 16.8. The van der Waals surface area contributed by atoms with Crippen LogP contribution in [-0.4, -0.2) is 6.54 Å². The van der Waals surface area contributed by atoms with Crippen molar-refractivity contribution in [2.75, 3.05) is 11.4 Å². The second kappa shape index (κ2) is 14.4. The molecule has 1 atom stereocenters. The SMILES string of the molecule is C=CCCN(c1ccc(-c2ccc(CCC(Cc3ccccc3)c3cccc4ccccc34)cc2)cc1)c1cccc2ccccc12. The Hall–Kier alpha value is -5.40. The van der Waals surface area contributed by atoms with Gasteiger partial charge in [-0.15, -0.1) is 6.58 Å². The Balaban J connectivity index is 1.09. The first kappa shape index (κ1) is 30.3. The number of aryl methyl sites for hydroxylation is 1. The summed E-state index contributed by atoms with van der Waals surface area (Å²) in [6.45, 7) is 4.87. The Morgan fingerprint density at radius 1 is 0.532 bits per heavy atom. The molecule has 7 rings (SSSR count). The summed E-state index contributed by atoms with van der Waals surface area (Å²) in [7, 11) is 0. The van der Waals surface area contributed by atoms with E-state index in [2.05, 4.69) is 175 Å². The van der Waals surface area contributed by atoms with Gasteiger partial charge >= 0.3 is 0 Å². The van der Waals surface area contributed by atoms with Gasteiger partial charge in [0, 0.05) is 23.3 Å². The Kier molecular flexibility index (Phi) is 9.24. The first-order chi connectivity index (χ1) is 23.3. The van der Waals surface area contributed by atoms with E-state index < -0.39 is 0 Å². The fraction of sp³-hybridized carbons (Fsp3) is 0.130. The topological polar surface area (TPSA) is 3.24 Å². The molecule has 7 aromatic carbocycles. The fourth-order valence-corrected chi connectivity index (χ4v) is 6.96. The van der Waals surface area contributed by atoms with Crippen molar-refractivity contribution in [3.05, 3.63) is 193 Å². The second-order valence-electron chi connectivity index (χ2n) is 12.5. The third-order valence-electron chi connectivity index (χ3n) is 9.45. The zero-order valence-corrected chi connectivity index (χ0v) is 26.9. The van der Waals surface area contributed by atoms with Gasteiger partial charge in [-0.25, -0.2) is 0 Å². The van der Waals surface area contributed by atoms with E-state index in [4.69, 9.17) is 0 Å². The highest BCUT2D eigenvalue weighted by Crippen LogP contribution is 2.35. The molecule has 0 N–H and O–H groups in total. The fourth-order valence-electron chi connectivity index (χ4n) is 6.96. The normalized spacial score (nSPS) is 11.8. The van der Waals surface area contributed by atoms with Crippen LogP contribution in [0.25, 0.3) is 32.7 Å². The predicted molar refractivity (Wildman–Crippen MR) is 203 cm³/mol. The molecule has 0 spiro atoms. The van der Waals surface area contributed by atoms with Gasteiger partial charge in [0.2, 0.25) is 0 Å². The van der Waals surface area contributed by atoms with E-state index >= 15 is 0 Å². The molecule has 230 valence electrons. The maximum atomic E-state index is 3.99. The molecule has 0 bridgehead atoms. The minimum absolute atomic E-state index is 0.446. The number of nitrogens with zero attached hydrogens (tertiary/aromatic N) is 1. The van der Waals surface area contributed by atoms with Gasteiger partial charge in [-0.2, -0.15) is 0 Å². The van der Waals surface area contributed by atoms with Gasteiger partial charge in [0.1, 0.15) is 0 Å². The molecule has 0 amide bonds. The molecule has 0 fully saturated rings. The Morgan fingerprint density at radius 3 is 1.85 bits per heavy atom. The smallest absolute Gasteiger partial charge is 0.0490 e. The summed E-state index contributed by atoms with van der Waals surface area (Å²) in [4.78, 5) is 2.42. The van der Waals surface area contributed by atoms with Crippen LogP contribution in [0, 0.1) is 0 Å². The van der Waals surface area contributed by atoms with E-state index in [9.17, 15) is 0 Å². The van der Waals surface area contributed by atoms with E-state index in [0.29, 0.717) is 5.92 Å². The molecule has 47 heavy (non-hydrogen) atoms. The Bertz CT molecular complexity index is 2060. The van der Waals surface area contributed by atoms with Crippen LogP contribution in [0.1, 0.15) is 35.4 Å². The van der Waals surface area contributed by atoms with Crippen LogP contribution < -0.4 is 4.90 Å². The van der Waals surface area contributed by atoms with Crippen LogP contribution in [0.5, 0.6) is 0 Å². The molecule has 0 saturated carbocycles. The van der Waals surface area contributed by atoms with E-state index in [1.807, 2.05) is 6.08 Å². The monoisotopic (exact) mass is 607 g/mol. The quantitative estimate of drug-likeness (QED) is 0.125. The minimum Gasteiger partial charge on any atom is -0.341 e. The summed E-state index contributed by atoms with van der Waals surface area (Å²) < 4.78 is 0. The van der Waals surface area contributed by atoms with E-state index in [0.717, 1.165) is 32.2 Å². The Morgan fingerprint density at radius 2 is 1.13 bits per heavy atom. The van der Waals surface area contributed by atoms with Gasteiger partial charge in [0.05, 0.1) is 0 Å². The van der Waals surface area contributed by atoms with Crippen molar-refractivity contribution in [1.29, 1.82) is 0 Å². The molecular formula is C46H41N. The van der Waals surface area contributed by atoms with Gasteiger partial charge in [0.15, 0.2) is 0 Å². The van der Waals surface area contributed by atoms with Gasteiger partial charge in [-0.05, 0) is 93.8 Å². The van der Waals surface area contributed by atoms with Gasteiger partial charge in [-0.1, -0.05) is 152 Å². The van der Waals surface area contributed by atoms with Crippen LogP contribution in [0.2, 0.25) is 0 Å². The van der Waals surface area contributed by atoms with Crippen molar-refractivity contribution < 1.29 is 0 Å². The molecule has 0 radical (unpaired) electrons. The zero-order chi connectivity index (χ0) is 31.8. The van der Waals surface area contributed by atoms with E-state index in [-0.39, 0.29) is 0 Å². The lowest BCUT2D eigenvalue weighted by Gasteiger charge is -2.26. The minimum atomic E-state index is 0.446. The number of hydrogen-bond acceptors (Lipinski definition) is 1. The summed E-state index contributed by atoms with van der Waals surface area (Å²) in [5.41, 5.74) is 9.15. The Labute approximate surface area is 279 Å². The van der Waals surface area contributed by atoms with Crippen LogP contribution in [0.3, 0.4) is 0 Å². The van der Waals surface area contributed by atoms with Gasteiger partial charge in [0.25, 0.3) is 0 Å². The van der Waals surface area contributed by atoms with Crippen molar-refractivity contribution >= 4 is 32.9 Å². The molecule has 0 aromatic heterocycles. The van der Waals surface area contributed by atoms with Crippen LogP contribution in [-0.2, 0) is 12.8 Å². The van der Waals surface area contributed by atoms with Crippen molar-refractivity contribution in [2.45, 2.75) is 31.6 Å². The maximum Gasteiger partial charge on any atom is 0.0490 e. The molecule has 0 aliphatic carbocycles. The molecule has 7 aromatic rings. The standard InChI is InChI=1S/C46H41N/c1-2-3-33-47(46-22-12-18-40-16-8-10-20-45(40)46)42-31-29-38(30-32-42)37-26-23-35(24-27-37)25-28-41(34-36-13-5-4-6-14-36)44-21-11-17-39-15-7-9-19-43(39)44/h2,4-24,26-27,29-32,41H,1,3,25,28,33-34H2. The zero-order valence-electron chi connectivity index (χ0n) is 26.9.